The summed E-state index contributed by atoms with van der Waals surface area (Å²) >= 11 is 0. The predicted octanol–water partition coefficient (Wildman–Crippen LogP) is 2.16. The van der Waals surface area contributed by atoms with Gasteiger partial charge in [-0.25, -0.2) is 8.78 Å². The largest absolute Gasteiger partial charge is 0.323 e. The Labute approximate surface area is 75.8 Å². The number of hydrogen-bond acceptors (Lipinski definition) is 2. The Bertz CT molecular complexity index is 289. The highest BCUT2D eigenvalue weighted by Gasteiger charge is 2.12. The molecule has 2 N–H and O–H groups in total. The molecule has 0 fully saturated rings. The molecule has 0 aliphatic rings. The molecule has 1 heterocycles. The van der Waals surface area contributed by atoms with Gasteiger partial charge < -0.3 is 5.73 Å². The van der Waals surface area contributed by atoms with Crippen LogP contribution in [0, 0.1) is 11.6 Å². The molecule has 1 aromatic rings. The minimum atomic E-state index is -0.676. The number of nitrogens with two attached hydrogens (primary N) is 1. The van der Waals surface area contributed by atoms with E-state index in [1.165, 1.54) is 0 Å². The number of nitrogens with zero attached hydrogens (tertiary/aromatic N) is 1. The van der Waals surface area contributed by atoms with Crippen LogP contribution in [-0.2, 0) is 0 Å². The van der Waals surface area contributed by atoms with Gasteiger partial charge >= 0.3 is 0 Å². The quantitative estimate of drug-likeness (QED) is 0.785. The highest BCUT2D eigenvalue weighted by atomic mass is 19.1. The van der Waals surface area contributed by atoms with Gasteiger partial charge in [0.25, 0.3) is 0 Å². The third-order valence-corrected chi connectivity index (χ3v) is 1.79. The molecule has 72 valence electrons. The maximum atomic E-state index is 13.0. The van der Waals surface area contributed by atoms with Crippen LogP contribution in [0.3, 0.4) is 0 Å². The van der Waals surface area contributed by atoms with E-state index in [4.69, 9.17) is 5.73 Å². The Morgan fingerprint density at radius 2 is 2.23 bits per heavy atom. The predicted molar refractivity (Wildman–Crippen MR) is 46.0 cm³/mol. The van der Waals surface area contributed by atoms with E-state index in [1.807, 2.05) is 6.92 Å². The maximum absolute atomic E-state index is 13.0. The van der Waals surface area contributed by atoms with Gasteiger partial charge in [0.05, 0.1) is 11.9 Å². The Kier molecular flexibility index (Phi) is 3.31. The molecule has 0 amide bonds. The molecule has 4 heteroatoms. The van der Waals surface area contributed by atoms with Crippen molar-refractivity contribution in [3.8, 4) is 0 Å². The molecule has 0 aliphatic heterocycles. The third-order valence-electron chi connectivity index (χ3n) is 1.79. The summed E-state index contributed by atoms with van der Waals surface area (Å²) in [6.45, 7) is 1.95. The molecular formula is C9H12F2N2. The lowest BCUT2D eigenvalue weighted by molar-refractivity contribution is 0.522. The van der Waals surface area contributed by atoms with Gasteiger partial charge in [0.1, 0.15) is 11.6 Å². The fraction of sp³-hybridized carbons (Fsp3) is 0.444. The lowest BCUT2D eigenvalue weighted by atomic mass is 10.1. The second-order valence-electron chi connectivity index (χ2n) is 2.92. The first-order valence-electron chi connectivity index (χ1n) is 4.21. The topological polar surface area (TPSA) is 38.9 Å². The fourth-order valence-corrected chi connectivity index (χ4v) is 1.15. The smallest absolute Gasteiger partial charge is 0.149 e. The highest BCUT2D eigenvalue weighted by molar-refractivity contribution is 5.12. The Morgan fingerprint density at radius 3 is 2.77 bits per heavy atom. The van der Waals surface area contributed by atoms with Crippen LogP contribution < -0.4 is 5.73 Å². The zero-order chi connectivity index (χ0) is 9.84. The summed E-state index contributed by atoms with van der Waals surface area (Å²) in [6.07, 6.45) is 2.48. The zero-order valence-electron chi connectivity index (χ0n) is 7.43. The van der Waals surface area contributed by atoms with Crippen molar-refractivity contribution in [2.45, 2.75) is 25.8 Å². The van der Waals surface area contributed by atoms with Crippen molar-refractivity contribution in [1.82, 2.24) is 4.98 Å². The number of rotatable bonds is 3. The van der Waals surface area contributed by atoms with Crippen molar-refractivity contribution in [2.24, 2.45) is 5.73 Å². The minimum absolute atomic E-state index is 0.142. The van der Waals surface area contributed by atoms with Crippen molar-refractivity contribution < 1.29 is 8.78 Å². The number of halogens is 2. The Balaban J connectivity index is 2.88. The SMILES string of the molecule is CCCC(N)c1ncc(F)cc1F. The molecular weight excluding hydrogens is 174 g/mol. The second-order valence-corrected chi connectivity index (χ2v) is 2.92. The first-order chi connectivity index (χ1) is 6.15. The molecule has 0 aliphatic carbocycles. The van der Waals surface area contributed by atoms with Crippen molar-refractivity contribution in [3.63, 3.8) is 0 Å². The number of aromatic nitrogens is 1. The van der Waals surface area contributed by atoms with Crippen LogP contribution in [0.5, 0.6) is 0 Å². The van der Waals surface area contributed by atoms with E-state index in [0.29, 0.717) is 6.42 Å². The molecule has 0 aromatic carbocycles. The number of pyridine rings is 1. The van der Waals surface area contributed by atoms with Gasteiger partial charge in [0.2, 0.25) is 0 Å². The zero-order valence-corrected chi connectivity index (χ0v) is 7.43. The Hall–Kier alpha value is -1.03. The molecule has 2 nitrogen and oxygen atoms in total. The van der Waals surface area contributed by atoms with E-state index in [-0.39, 0.29) is 5.69 Å². The molecule has 13 heavy (non-hydrogen) atoms. The molecule has 1 rings (SSSR count). The van der Waals surface area contributed by atoms with E-state index in [0.717, 1.165) is 18.7 Å². The van der Waals surface area contributed by atoms with Gasteiger partial charge in [-0.1, -0.05) is 13.3 Å². The summed E-state index contributed by atoms with van der Waals surface area (Å²) in [4.78, 5) is 3.62. The van der Waals surface area contributed by atoms with Gasteiger partial charge in [-0.15, -0.1) is 0 Å². The van der Waals surface area contributed by atoms with Gasteiger partial charge in [-0.2, -0.15) is 0 Å². The van der Waals surface area contributed by atoms with Gasteiger partial charge in [-0.3, -0.25) is 4.98 Å². The van der Waals surface area contributed by atoms with Crippen LogP contribution in [0.2, 0.25) is 0 Å². The van der Waals surface area contributed by atoms with E-state index in [2.05, 4.69) is 4.98 Å². The van der Waals surface area contributed by atoms with Crippen LogP contribution in [0.4, 0.5) is 8.78 Å². The van der Waals surface area contributed by atoms with Crippen LogP contribution in [-0.4, -0.2) is 4.98 Å². The van der Waals surface area contributed by atoms with Gasteiger partial charge in [-0.05, 0) is 6.42 Å². The molecule has 1 unspecified atom stereocenters. The van der Waals surface area contributed by atoms with Crippen LogP contribution in [0.15, 0.2) is 12.3 Å². The third kappa shape index (κ3) is 2.45. The minimum Gasteiger partial charge on any atom is -0.323 e. The standard InChI is InChI=1S/C9H12F2N2/c1-2-3-8(12)9-7(11)4-6(10)5-13-9/h4-5,8H,2-3,12H2,1H3. The summed E-state index contributed by atoms with van der Waals surface area (Å²) in [5.74, 6) is -1.34. The summed E-state index contributed by atoms with van der Waals surface area (Å²) < 4.78 is 25.5. The highest BCUT2D eigenvalue weighted by Crippen LogP contribution is 2.16. The summed E-state index contributed by atoms with van der Waals surface area (Å²) in [6, 6.07) is 0.364. The first-order valence-corrected chi connectivity index (χ1v) is 4.21. The average Bonchev–Trinajstić information content (AvgIpc) is 2.04. The molecule has 0 radical (unpaired) electrons. The van der Waals surface area contributed by atoms with Crippen molar-refractivity contribution in [2.75, 3.05) is 0 Å². The van der Waals surface area contributed by atoms with Crippen LogP contribution in [0.1, 0.15) is 31.5 Å². The van der Waals surface area contributed by atoms with Crippen molar-refractivity contribution in [1.29, 1.82) is 0 Å². The van der Waals surface area contributed by atoms with E-state index < -0.39 is 17.7 Å². The van der Waals surface area contributed by atoms with Gasteiger partial charge in [0.15, 0.2) is 0 Å². The molecule has 0 saturated heterocycles. The fourth-order valence-electron chi connectivity index (χ4n) is 1.15. The van der Waals surface area contributed by atoms with Crippen molar-refractivity contribution >= 4 is 0 Å². The monoisotopic (exact) mass is 186 g/mol. The van der Waals surface area contributed by atoms with E-state index in [1.54, 1.807) is 0 Å². The second kappa shape index (κ2) is 4.28. The first kappa shape index (κ1) is 10.1. The van der Waals surface area contributed by atoms with E-state index in [9.17, 15) is 8.78 Å². The molecule has 1 aromatic heterocycles. The lowest BCUT2D eigenvalue weighted by Crippen LogP contribution is -2.13. The summed E-state index contributed by atoms with van der Waals surface area (Å²) in [7, 11) is 0. The molecule has 1 atom stereocenters. The summed E-state index contributed by atoms with van der Waals surface area (Å²) in [5, 5.41) is 0. The van der Waals surface area contributed by atoms with Gasteiger partial charge in [0, 0.05) is 12.1 Å². The normalized spacial score (nSPS) is 12.9. The van der Waals surface area contributed by atoms with Crippen LogP contribution in [0.25, 0.3) is 0 Å². The molecule has 0 saturated carbocycles. The van der Waals surface area contributed by atoms with E-state index >= 15 is 0 Å². The maximum Gasteiger partial charge on any atom is 0.149 e. The average molecular weight is 186 g/mol. The molecule has 0 spiro atoms. The van der Waals surface area contributed by atoms with Crippen LogP contribution >= 0.6 is 0 Å². The Morgan fingerprint density at radius 1 is 1.54 bits per heavy atom. The number of hydrogen-bond donors (Lipinski definition) is 1. The van der Waals surface area contributed by atoms with Crippen molar-refractivity contribution in [3.05, 3.63) is 29.6 Å². The lowest BCUT2D eigenvalue weighted by Gasteiger charge is -2.09. The molecule has 0 bridgehead atoms. The summed E-state index contributed by atoms with van der Waals surface area (Å²) in [5.41, 5.74) is 5.77.